The molecule has 1 atom stereocenters. The van der Waals surface area contributed by atoms with Gasteiger partial charge in [0.15, 0.2) is 11.5 Å². The Morgan fingerprint density at radius 3 is 2.47 bits per heavy atom. The molecule has 3 saturated heterocycles. The third-order valence-electron chi connectivity index (χ3n) is 12.2. The fourth-order valence-corrected chi connectivity index (χ4v) is 8.87. The van der Waals surface area contributed by atoms with Crippen LogP contribution in [-0.2, 0) is 14.3 Å². The largest absolute Gasteiger partial charge is 0.377 e. The van der Waals surface area contributed by atoms with Crippen LogP contribution in [0, 0.1) is 6.92 Å². The first kappa shape index (κ1) is 37.7. The van der Waals surface area contributed by atoms with Gasteiger partial charge in [0.05, 0.1) is 30.2 Å². The van der Waals surface area contributed by atoms with E-state index in [1.54, 1.807) is 24.5 Å². The van der Waals surface area contributed by atoms with Gasteiger partial charge in [-0.1, -0.05) is 6.07 Å². The monoisotopic (exact) mass is 789 g/mol. The molecule has 0 radical (unpaired) electrons. The number of imide groups is 2. The van der Waals surface area contributed by atoms with Crippen LogP contribution in [0.5, 0.6) is 0 Å². The van der Waals surface area contributed by atoms with Crippen LogP contribution >= 0.6 is 0 Å². The number of rotatable bonds is 11. The van der Waals surface area contributed by atoms with Crippen LogP contribution in [0.4, 0.5) is 11.5 Å². The number of likely N-dealkylation sites (tertiary alicyclic amines) is 1. The molecule has 4 fully saturated rings. The normalized spacial score (nSPS) is 23.2. The van der Waals surface area contributed by atoms with Gasteiger partial charge in [0.2, 0.25) is 11.8 Å². The number of piperidine rings is 3. The van der Waals surface area contributed by atoms with Crippen molar-refractivity contribution in [3.63, 3.8) is 0 Å². The number of hydrogen-bond acceptors (Lipinski definition) is 13. The number of fused-ring (bicyclic) bond motifs is 2. The topological polar surface area (TPSA) is 197 Å². The van der Waals surface area contributed by atoms with Crippen molar-refractivity contribution < 1.29 is 28.7 Å². The number of aryl methyl sites for hydroxylation is 1. The number of imidazole rings is 1. The molecule has 4 aliphatic heterocycles. The van der Waals surface area contributed by atoms with Crippen LogP contribution in [0.25, 0.3) is 11.2 Å². The summed E-state index contributed by atoms with van der Waals surface area (Å²) in [6.45, 7) is 6.84. The zero-order valence-corrected chi connectivity index (χ0v) is 32.4. The van der Waals surface area contributed by atoms with E-state index in [1.807, 2.05) is 31.5 Å². The second-order valence-corrected chi connectivity index (χ2v) is 16.0. The number of carbonyl (C=O) groups excluding carboxylic acids is 5. The number of amides is 5. The Hall–Kier alpha value is -5.81. The van der Waals surface area contributed by atoms with E-state index in [9.17, 15) is 24.0 Å². The van der Waals surface area contributed by atoms with Gasteiger partial charge in [-0.05, 0) is 82.2 Å². The van der Waals surface area contributed by atoms with Gasteiger partial charge in [0.25, 0.3) is 17.7 Å². The summed E-state index contributed by atoms with van der Waals surface area (Å²) in [4.78, 5) is 86.9. The van der Waals surface area contributed by atoms with E-state index >= 15 is 0 Å². The smallest absolute Gasteiger partial charge is 0.270 e. The fourth-order valence-electron chi connectivity index (χ4n) is 8.87. The summed E-state index contributed by atoms with van der Waals surface area (Å²) < 4.78 is 8.43. The lowest BCUT2D eigenvalue weighted by atomic mass is 9.86. The van der Waals surface area contributed by atoms with Crippen molar-refractivity contribution in [2.45, 2.75) is 88.6 Å². The van der Waals surface area contributed by atoms with E-state index in [2.05, 4.69) is 45.3 Å². The standard InChI is InChI=1S/C41H47N11O6/c1-24-3-2-4-32(45-24)38(54)47-26-19-28(20-26)51-23-44-35-36(42-22-43-37(35)51)46-25-9-13-49(14-10-25)17-18-58-29-11-15-50(16-12-29)27-5-6-30-31(21-27)41(57)52(40(30)56)33-7-8-34(53)48-39(33)55/h2-6,21-23,25-26,28-29,33H,7-20H2,1H3,(H,47,54)(H,42,43,46)(H,48,53,55)/t26?,28?,33-/m0/s1. The number of carbonyl (C=O) groups is 5. The van der Waals surface area contributed by atoms with E-state index < -0.39 is 29.7 Å². The third-order valence-corrected chi connectivity index (χ3v) is 12.2. The van der Waals surface area contributed by atoms with Crippen LogP contribution in [0.2, 0.25) is 0 Å². The Balaban J connectivity index is 0.697. The SMILES string of the molecule is Cc1cccc(C(=O)NC2CC(n3cnc4c(NC5CCN(CCOC6CCN(c7ccc8c(c7)C(=O)N([C@H]7CCC(=O)NC7=O)C8=O)CC6)CC5)ncnc43)C2)n1. The van der Waals surface area contributed by atoms with Crippen molar-refractivity contribution in [2.75, 3.05) is 49.5 Å². The first-order chi connectivity index (χ1) is 28.2. The van der Waals surface area contributed by atoms with Gasteiger partial charge in [0, 0.05) is 68.7 Å². The molecule has 3 N–H and O–H groups in total. The van der Waals surface area contributed by atoms with E-state index in [-0.39, 0.29) is 48.5 Å². The second-order valence-electron chi connectivity index (χ2n) is 16.0. The highest BCUT2D eigenvalue weighted by atomic mass is 16.5. The molecule has 1 aromatic carbocycles. The molecule has 7 heterocycles. The maximum Gasteiger partial charge on any atom is 0.270 e. The number of nitrogens with one attached hydrogen (secondary N) is 3. The Kier molecular flexibility index (Phi) is 10.3. The first-order valence-electron chi connectivity index (χ1n) is 20.3. The maximum absolute atomic E-state index is 13.3. The molecule has 4 aromatic rings. The third kappa shape index (κ3) is 7.51. The van der Waals surface area contributed by atoms with Crippen LogP contribution < -0.4 is 20.9 Å². The van der Waals surface area contributed by atoms with Gasteiger partial charge >= 0.3 is 0 Å². The molecule has 0 spiro atoms. The lowest BCUT2D eigenvalue weighted by molar-refractivity contribution is -0.136. The number of hydrogen-bond donors (Lipinski definition) is 3. The van der Waals surface area contributed by atoms with Gasteiger partial charge in [-0.3, -0.25) is 34.2 Å². The van der Waals surface area contributed by atoms with Crippen molar-refractivity contribution in [2.24, 2.45) is 0 Å². The van der Waals surface area contributed by atoms with E-state index in [1.165, 1.54) is 0 Å². The molecular formula is C41H47N11O6. The Morgan fingerprint density at radius 1 is 0.897 bits per heavy atom. The van der Waals surface area contributed by atoms with Crippen molar-refractivity contribution in [3.05, 3.63) is 71.6 Å². The summed E-state index contributed by atoms with van der Waals surface area (Å²) in [6.07, 6.45) is 9.06. The average Bonchev–Trinajstić information content (AvgIpc) is 3.75. The summed E-state index contributed by atoms with van der Waals surface area (Å²) in [5, 5.41) is 8.97. The van der Waals surface area contributed by atoms with Gasteiger partial charge in [-0.2, -0.15) is 0 Å². The van der Waals surface area contributed by atoms with Crippen LogP contribution in [-0.4, -0.2) is 127 Å². The molecule has 0 bridgehead atoms. The second kappa shape index (κ2) is 15.9. The molecule has 0 unspecified atom stereocenters. The first-order valence-corrected chi connectivity index (χ1v) is 20.3. The number of nitrogens with zero attached hydrogens (tertiary/aromatic N) is 8. The highest BCUT2D eigenvalue weighted by molar-refractivity contribution is 6.23. The summed E-state index contributed by atoms with van der Waals surface area (Å²) in [5.74, 6) is -1.39. The van der Waals surface area contributed by atoms with Crippen molar-refractivity contribution in [3.8, 4) is 0 Å². The molecule has 58 heavy (non-hydrogen) atoms. The quantitative estimate of drug-likeness (QED) is 0.188. The minimum atomic E-state index is -0.975. The number of anilines is 2. The molecule has 17 heteroatoms. The van der Waals surface area contributed by atoms with Crippen LogP contribution in [0.15, 0.2) is 49.1 Å². The minimum Gasteiger partial charge on any atom is -0.377 e. The van der Waals surface area contributed by atoms with Gasteiger partial charge < -0.3 is 29.7 Å². The molecule has 5 amide bonds. The van der Waals surface area contributed by atoms with E-state index in [0.29, 0.717) is 17.9 Å². The van der Waals surface area contributed by atoms with E-state index in [0.717, 1.165) is 105 Å². The van der Waals surface area contributed by atoms with Crippen molar-refractivity contribution >= 4 is 52.2 Å². The summed E-state index contributed by atoms with van der Waals surface area (Å²) in [6, 6.07) is 10.3. The molecule has 1 saturated carbocycles. The van der Waals surface area contributed by atoms with Crippen molar-refractivity contribution in [1.29, 1.82) is 0 Å². The van der Waals surface area contributed by atoms with E-state index in [4.69, 9.17) is 9.72 Å². The lowest BCUT2D eigenvalue weighted by Gasteiger charge is -2.36. The molecule has 3 aromatic heterocycles. The van der Waals surface area contributed by atoms with Gasteiger partial charge in [0.1, 0.15) is 23.6 Å². The van der Waals surface area contributed by atoms with Crippen molar-refractivity contribution in [1.82, 2.24) is 44.9 Å². The number of pyridine rings is 1. The summed E-state index contributed by atoms with van der Waals surface area (Å²) >= 11 is 0. The minimum absolute atomic E-state index is 0.0782. The fraction of sp³-hybridized carbons (Fsp3) is 0.488. The zero-order chi connectivity index (χ0) is 39.9. The number of benzene rings is 1. The molecular weight excluding hydrogens is 743 g/mol. The molecule has 1 aliphatic carbocycles. The molecule has 17 nitrogen and oxygen atoms in total. The van der Waals surface area contributed by atoms with Gasteiger partial charge in [-0.25, -0.2) is 19.9 Å². The molecule has 9 rings (SSSR count). The maximum atomic E-state index is 13.3. The zero-order valence-electron chi connectivity index (χ0n) is 32.4. The molecule has 5 aliphatic rings. The Labute approximate surface area is 334 Å². The summed E-state index contributed by atoms with van der Waals surface area (Å²) in [5.41, 5.74) is 4.26. The average molecular weight is 790 g/mol. The van der Waals surface area contributed by atoms with Gasteiger partial charge in [-0.15, -0.1) is 0 Å². The lowest BCUT2D eigenvalue weighted by Crippen LogP contribution is -2.54. The predicted molar refractivity (Wildman–Crippen MR) is 211 cm³/mol. The summed E-state index contributed by atoms with van der Waals surface area (Å²) in [7, 11) is 0. The molecule has 302 valence electrons. The Morgan fingerprint density at radius 2 is 1.69 bits per heavy atom. The Bertz CT molecular complexity index is 2260. The predicted octanol–water partition coefficient (Wildman–Crippen LogP) is 2.63. The highest BCUT2D eigenvalue weighted by Crippen LogP contribution is 2.36. The highest BCUT2D eigenvalue weighted by Gasteiger charge is 2.45. The number of ether oxygens (including phenoxy) is 1. The van der Waals surface area contributed by atoms with Crippen LogP contribution in [0.1, 0.15) is 94.3 Å². The van der Waals surface area contributed by atoms with Crippen LogP contribution in [0.3, 0.4) is 0 Å². The number of aromatic nitrogens is 5.